The molecular formula is C17H12ClN4NaO6S. The van der Waals surface area contributed by atoms with Crippen molar-refractivity contribution in [3.63, 3.8) is 0 Å². The van der Waals surface area contributed by atoms with Crippen LogP contribution in [0.5, 0.6) is 0 Å². The number of benzene rings is 2. The zero-order valence-corrected chi connectivity index (χ0v) is 19.3. The molecule has 0 saturated carbocycles. The first kappa shape index (κ1) is 24.3. The van der Waals surface area contributed by atoms with E-state index < -0.39 is 44.0 Å². The Morgan fingerprint density at radius 3 is 2.50 bits per heavy atom. The molecule has 1 heterocycles. The Labute approximate surface area is 198 Å². The van der Waals surface area contributed by atoms with Gasteiger partial charge < -0.3 is 9.90 Å². The zero-order valence-electron chi connectivity index (χ0n) is 15.7. The van der Waals surface area contributed by atoms with E-state index in [0.717, 1.165) is 12.1 Å². The molecule has 1 N–H and O–H groups in total. The Morgan fingerprint density at radius 2 is 1.97 bits per heavy atom. The molecule has 0 radical (unpaired) electrons. The number of amides is 1. The SMILES string of the molecule is CC1N=NC(=O)C1(N=Nc1ccc(S(=O)(=O)O)cc1C(=O)[O-])c1cccc(Cl)c1.[Na+]. The average Bonchev–Trinajstić information content (AvgIpc) is 2.94. The fourth-order valence-electron chi connectivity index (χ4n) is 2.81. The van der Waals surface area contributed by atoms with Crippen LogP contribution in [0, 0.1) is 0 Å². The smallest absolute Gasteiger partial charge is 0.545 e. The Bertz CT molecular complexity index is 1190. The van der Waals surface area contributed by atoms with Gasteiger partial charge in [-0.05, 0) is 42.8 Å². The molecule has 2 unspecified atom stereocenters. The summed E-state index contributed by atoms with van der Waals surface area (Å²) in [5.74, 6) is -2.47. The van der Waals surface area contributed by atoms with Gasteiger partial charge in [0.05, 0.1) is 16.6 Å². The van der Waals surface area contributed by atoms with Crippen molar-refractivity contribution in [3.05, 3.63) is 58.6 Å². The van der Waals surface area contributed by atoms with E-state index in [9.17, 15) is 23.1 Å². The quantitative estimate of drug-likeness (QED) is 0.354. The Balaban J connectivity index is 0.00000320. The van der Waals surface area contributed by atoms with Crippen molar-refractivity contribution in [1.82, 2.24) is 0 Å². The van der Waals surface area contributed by atoms with Gasteiger partial charge in [0.25, 0.3) is 10.1 Å². The molecule has 1 aliphatic rings. The minimum atomic E-state index is -4.65. The molecule has 2 aromatic rings. The van der Waals surface area contributed by atoms with E-state index in [1.165, 1.54) is 6.07 Å². The van der Waals surface area contributed by atoms with Gasteiger partial charge in [-0.15, -0.1) is 5.11 Å². The van der Waals surface area contributed by atoms with Crippen LogP contribution < -0.4 is 34.7 Å². The van der Waals surface area contributed by atoms with Crippen molar-refractivity contribution in [3.8, 4) is 0 Å². The number of rotatable bonds is 5. The van der Waals surface area contributed by atoms with Gasteiger partial charge in [0.2, 0.25) is 5.54 Å². The van der Waals surface area contributed by atoms with Crippen LogP contribution in [-0.4, -0.2) is 30.9 Å². The van der Waals surface area contributed by atoms with Crippen molar-refractivity contribution in [2.45, 2.75) is 23.4 Å². The third kappa shape index (κ3) is 4.51. The number of halogens is 1. The summed E-state index contributed by atoms with van der Waals surface area (Å²) >= 11 is 6.01. The van der Waals surface area contributed by atoms with Gasteiger partial charge in [-0.3, -0.25) is 9.35 Å². The Morgan fingerprint density at radius 1 is 1.27 bits per heavy atom. The number of carbonyl (C=O) groups is 2. The van der Waals surface area contributed by atoms with E-state index >= 15 is 0 Å². The third-order valence-electron chi connectivity index (χ3n) is 4.32. The first-order chi connectivity index (χ1) is 13.6. The van der Waals surface area contributed by atoms with Gasteiger partial charge in [0.1, 0.15) is 6.04 Å². The normalized spacial score (nSPS) is 21.0. The standard InChI is InChI=1S/C17H13ClN4O6S.Na/c1-9-17(16(25)21-19-9,10-3-2-4-11(18)7-10)22-20-14-6-5-12(29(26,27)28)8-13(14)15(23)24;/h2-9H,1H3,(H,23,24)(H,26,27,28);/q;+1/p-1. The number of carboxylic acid groups (broad SMARTS) is 1. The number of hydrogen-bond donors (Lipinski definition) is 1. The van der Waals surface area contributed by atoms with Gasteiger partial charge in [-0.2, -0.15) is 23.8 Å². The van der Waals surface area contributed by atoms with E-state index in [2.05, 4.69) is 20.5 Å². The molecule has 10 nitrogen and oxygen atoms in total. The van der Waals surface area contributed by atoms with Crippen molar-refractivity contribution in [2.75, 3.05) is 0 Å². The van der Waals surface area contributed by atoms with E-state index in [-0.39, 0.29) is 35.2 Å². The second kappa shape index (κ2) is 9.00. The molecule has 0 bridgehead atoms. The van der Waals surface area contributed by atoms with Crippen LogP contribution in [0.4, 0.5) is 5.69 Å². The summed E-state index contributed by atoms with van der Waals surface area (Å²) in [6.07, 6.45) is 0. The zero-order chi connectivity index (χ0) is 21.4. The molecule has 0 fully saturated rings. The Hall–Kier alpha value is -2.02. The van der Waals surface area contributed by atoms with E-state index in [4.69, 9.17) is 16.2 Å². The first-order valence-electron chi connectivity index (χ1n) is 8.03. The molecule has 1 aliphatic heterocycles. The summed E-state index contributed by atoms with van der Waals surface area (Å²) in [7, 11) is -4.65. The summed E-state index contributed by atoms with van der Waals surface area (Å²) in [5.41, 5.74) is -2.25. The number of nitrogens with zero attached hydrogens (tertiary/aromatic N) is 4. The van der Waals surface area contributed by atoms with Crippen LogP contribution in [0.15, 0.2) is 67.8 Å². The van der Waals surface area contributed by atoms with Crippen LogP contribution >= 0.6 is 11.6 Å². The summed E-state index contributed by atoms with van der Waals surface area (Å²) in [6, 6.07) is 8.14. The van der Waals surface area contributed by atoms with Crippen LogP contribution in [-0.2, 0) is 20.5 Å². The van der Waals surface area contributed by atoms with Crippen LogP contribution in [0.3, 0.4) is 0 Å². The van der Waals surface area contributed by atoms with Crippen molar-refractivity contribution >= 4 is 39.3 Å². The number of carbonyl (C=O) groups excluding carboxylic acids is 2. The average molecular weight is 459 g/mol. The monoisotopic (exact) mass is 458 g/mol. The van der Waals surface area contributed by atoms with Gasteiger partial charge in [0, 0.05) is 10.6 Å². The number of carboxylic acids is 1. The van der Waals surface area contributed by atoms with Crippen molar-refractivity contribution < 1.29 is 57.2 Å². The topological polar surface area (TPSA) is 161 Å². The van der Waals surface area contributed by atoms with Gasteiger partial charge >= 0.3 is 35.5 Å². The van der Waals surface area contributed by atoms with Crippen LogP contribution in [0.25, 0.3) is 0 Å². The maximum atomic E-state index is 12.5. The number of aromatic carboxylic acids is 1. The van der Waals surface area contributed by atoms with Crippen LogP contribution in [0.1, 0.15) is 22.8 Å². The van der Waals surface area contributed by atoms with Gasteiger partial charge in [0.15, 0.2) is 0 Å². The predicted molar refractivity (Wildman–Crippen MR) is 97.6 cm³/mol. The minimum Gasteiger partial charge on any atom is -0.545 e. The van der Waals surface area contributed by atoms with Crippen molar-refractivity contribution in [2.24, 2.45) is 20.5 Å². The summed E-state index contributed by atoms with van der Waals surface area (Å²) in [5, 5.41) is 27.0. The summed E-state index contributed by atoms with van der Waals surface area (Å²) in [6.45, 7) is 1.58. The molecule has 0 saturated heterocycles. The fraction of sp³-hybridized carbons (Fsp3) is 0.176. The molecule has 0 spiro atoms. The second-order valence-electron chi connectivity index (χ2n) is 6.11. The first-order valence-corrected chi connectivity index (χ1v) is 9.84. The molecule has 2 aromatic carbocycles. The maximum Gasteiger partial charge on any atom is 1.00 e. The van der Waals surface area contributed by atoms with E-state index in [1.54, 1.807) is 25.1 Å². The van der Waals surface area contributed by atoms with Gasteiger partial charge in [-0.25, -0.2) is 0 Å². The van der Waals surface area contributed by atoms with Gasteiger partial charge in [-0.1, -0.05) is 23.7 Å². The van der Waals surface area contributed by atoms with E-state index in [0.29, 0.717) is 16.7 Å². The molecule has 150 valence electrons. The predicted octanol–water partition coefficient (Wildman–Crippen LogP) is -0.686. The van der Waals surface area contributed by atoms with Crippen molar-refractivity contribution in [1.29, 1.82) is 0 Å². The summed E-state index contributed by atoms with van der Waals surface area (Å²) in [4.78, 5) is 23.3. The molecule has 1 amide bonds. The molecule has 30 heavy (non-hydrogen) atoms. The molecule has 13 heteroatoms. The largest absolute Gasteiger partial charge is 1.00 e. The number of azo groups is 2. The molecule has 0 aromatic heterocycles. The number of hydrogen-bond acceptors (Lipinski definition) is 8. The third-order valence-corrected chi connectivity index (χ3v) is 5.40. The second-order valence-corrected chi connectivity index (χ2v) is 7.97. The summed E-state index contributed by atoms with van der Waals surface area (Å²) < 4.78 is 31.6. The molecule has 0 aliphatic carbocycles. The molecular weight excluding hydrogens is 447 g/mol. The Kier molecular flexibility index (Phi) is 7.28. The van der Waals surface area contributed by atoms with E-state index in [1.807, 2.05) is 0 Å². The fourth-order valence-corrected chi connectivity index (χ4v) is 3.51. The molecule has 3 rings (SSSR count). The maximum absolute atomic E-state index is 12.5. The minimum absolute atomic E-state index is 0. The molecule has 2 atom stereocenters. The van der Waals surface area contributed by atoms with Crippen LogP contribution in [0.2, 0.25) is 5.02 Å².